The molecule has 1 N–H and O–H groups in total. The van der Waals surface area contributed by atoms with Gasteiger partial charge in [0.25, 0.3) is 0 Å². The topological polar surface area (TPSA) is 38.3 Å². The molecule has 4 fully saturated rings. The largest absolute Gasteiger partial charge is 0.462 e. The maximum Gasteiger partial charge on any atom is 0.302 e. The summed E-state index contributed by atoms with van der Waals surface area (Å²) < 4.78 is 4.98. The standard InChI is InChI=1S/C22H27NO2S/c1-15(24)25-8-4-6-19-5-2-3-7-20(19)23-21(26)22-12-16-9-17(13-22)11-18(10-16)14-22/h2-7,16-18H,8-14H2,1H3,(H,23,26)/b6-4-. The summed E-state index contributed by atoms with van der Waals surface area (Å²) in [7, 11) is 0. The van der Waals surface area contributed by atoms with Gasteiger partial charge >= 0.3 is 5.97 Å². The number of para-hydroxylation sites is 1. The number of hydrogen-bond acceptors (Lipinski definition) is 3. The molecule has 0 saturated heterocycles. The van der Waals surface area contributed by atoms with Crippen LogP contribution >= 0.6 is 12.2 Å². The first kappa shape index (κ1) is 17.7. The molecule has 138 valence electrons. The lowest BCUT2D eigenvalue weighted by atomic mass is 9.49. The van der Waals surface area contributed by atoms with Gasteiger partial charge in [0.2, 0.25) is 0 Å². The van der Waals surface area contributed by atoms with Crippen LogP contribution < -0.4 is 5.32 Å². The van der Waals surface area contributed by atoms with E-state index in [1.165, 1.54) is 45.4 Å². The van der Waals surface area contributed by atoms with Gasteiger partial charge < -0.3 is 10.1 Å². The average molecular weight is 370 g/mol. The molecule has 0 spiro atoms. The minimum Gasteiger partial charge on any atom is -0.462 e. The van der Waals surface area contributed by atoms with Crippen LogP contribution in [0.5, 0.6) is 0 Å². The van der Waals surface area contributed by atoms with Gasteiger partial charge in [-0.3, -0.25) is 4.79 Å². The molecule has 0 radical (unpaired) electrons. The van der Waals surface area contributed by atoms with Crippen LogP contribution in [0, 0.1) is 23.2 Å². The number of carbonyl (C=O) groups excluding carboxylic acids is 1. The number of esters is 1. The van der Waals surface area contributed by atoms with Crippen LogP contribution in [0.1, 0.15) is 51.0 Å². The first-order chi connectivity index (χ1) is 12.5. The highest BCUT2D eigenvalue weighted by molar-refractivity contribution is 7.80. The highest BCUT2D eigenvalue weighted by Gasteiger charge is 2.52. The number of carbonyl (C=O) groups is 1. The maximum absolute atomic E-state index is 10.9. The van der Waals surface area contributed by atoms with Crippen molar-refractivity contribution in [2.24, 2.45) is 23.2 Å². The first-order valence-corrected chi connectivity index (χ1v) is 10.2. The molecule has 1 aromatic carbocycles. The first-order valence-electron chi connectivity index (χ1n) is 9.74. The molecule has 0 unspecified atom stereocenters. The van der Waals surface area contributed by atoms with E-state index in [9.17, 15) is 4.79 Å². The molecule has 0 heterocycles. The fourth-order valence-corrected chi connectivity index (χ4v) is 6.10. The van der Waals surface area contributed by atoms with Crippen molar-refractivity contribution in [2.75, 3.05) is 11.9 Å². The van der Waals surface area contributed by atoms with Crippen molar-refractivity contribution in [3.63, 3.8) is 0 Å². The van der Waals surface area contributed by atoms with Gasteiger partial charge in [-0.15, -0.1) is 0 Å². The smallest absolute Gasteiger partial charge is 0.302 e. The predicted octanol–water partition coefficient (Wildman–Crippen LogP) is 5.22. The lowest BCUT2D eigenvalue weighted by molar-refractivity contribution is -0.139. The van der Waals surface area contributed by atoms with Crippen LogP contribution in [0.4, 0.5) is 5.69 Å². The van der Waals surface area contributed by atoms with Gasteiger partial charge in [-0.2, -0.15) is 0 Å². The summed E-state index contributed by atoms with van der Waals surface area (Å²) in [5, 5.41) is 3.59. The zero-order valence-electron chi connectivity index (χ0n) is 15.4. The van der Waals surface area contributed by atoms with Crippen molar-refractivity contribution in [3.05, 3.63) is 35.9 Å². The van der Waals surface area contributed by atoms with Gasteiger partial charge in [-0.25, -0.2) is 0 Å². The summed E-state index contributed by atoms with van der Waals surface area (Å²) >= 11 is 5.95. The van der Waals surface area contributed by atoms with E-state index < -0.39 is 0 Å². The van der Waals surface area contributed by atoms with E-state index in [2.05, 4.69) is 17.4 Å². The lowest BCUT2D eigenvalue weighted by Gasteiger charge is -2.56. The third-order valence-electron chi connectivity index (χ3n) is 6.41. The summed E-state index contributed by atoms with van der Waals surface area (Å²) in [4.78, 5) is 11.9. The van der Waals surface area contributed by atoms with Gasteiger partial charge in [-0.05, 0) is 74.0 Å². The summed E-state index contributed by atoms with van der Waals surface area (Å²) in [6.45, 7) is 1.72. The van der Waals surface area contributed by atoms with Gasteiger partial charge in [0, 0.05) is 18.0 Å². The molecule has 26 heavy (non-hydrogen) atoms. The molecule has 0 amide bonds. The number of thiocarbonyl (C=S) groups is 1. The Labute approximate surface area is 161 Å². The highest BCUT2D eigenvalue weighted by Crippen LogP contribution is 2.60. The quantitative estimate of drug-likeness (QED) is 0.570. The Kier molecular flexibility index (Phi) is 4.87. The molecule has 3 nitrogen and oxygen atoms in total. The van der Waals surface area contributed by atoms with Crippen molar-refractivity contribution in [1.29, 1.82) is 0 Å². The molecular weight excluding hydrogens is 342 g/mol. The molecule has 4 saturated carbocycles. The number of benzene rings is 1. The van der Waals surface area contributed by atoms with E-state index in [1.807, 2.05) is 24.3 Å². The Balaban J connectivity index is 1.47. The maximum atomic E-state index is 10.9. The minimum atomic E-state index is -0.260. The van der Waals surface area contributed by atoms with E-state index in [4.69, 9.17) is 17.0 Å². The fourth-order valence-electron chi connectivity index (χ4n) is 5.74. The molecule has 0 aromatic heterocycles. The molecular formula is C22H27NO2S. The zero-order chi connectivity index (χ0) is 18.1. The van der Waals surface area contributed by atoms with Crippen molar-refractivity contribution < 1.29 is 9.53 Å². The van der Waals surface area contributed by atoms with Crippen LogP contribution in [0.15, 0.2) is 30.3 Å². The summed E-state index contributed by atoms with van der Waals surface area (Å²) in [5.74, 6) is 2.41. The number of ether oxygens (including phenoxy) is 1. The van der Waals surface area contributed by atoms with Gasteiger partial charge in [0.1, 0.15) is 6.61 Å². The van der Waals surface area contributed by atoms with Gasteiger partial charge in [-0.1, -0.05) is 36.5 Å². The Morgan fingerprint density at radius 2 is 1.81 bits per heavy atom. The molecule has 5 rings (SSSR count). The molecule has 4 heteroatoms. The van der Waals surface area contributed by atoms with Crippen molar-refractivity contribution in [1.82, 2.24) is 0 Å². The Bertz CT molecular complexity index is 704. The Morgan fingerprint density at radius 1 is 1.19 bits per heavy atom. The van der Waals surface area contributed by atoms with E-state index >= 15 is 0 Å². The van der Waals surface area contributed by atoms with Crippen LogP contribution in [0.2, 0.25) is 0 Å². The van der Waals surface area contributed by atoms with E-state index in [-0.39, 0.29) is 11.4 Å². The molecule has 4 aliphatic carbocycles. The highest BCUT2D eigenvalue weighted by atomic mass is 32.1. The third-order valence-corrected chi connectivity index (χ3v) is 6.94. The van der Waals surface area contributed by atoms with E-state index in [0.29, 0.717) is 6.61 Å². The second-order valence-corrected chi connectivity index (χ2v) is 8.85. The van der Waals surface area contributed by atoms with Crippen molar-refractivity contribution in [2.45, 2.75) is 45.4 Å². The van der Waals surface area contributed by atoms with Crippen LogP contribution in [-0.2, 0) is 9.53 Å². The van der Waals surface area contributed by atoms with Gasteiger partial charge in [0.05, 0.1) is 4.99 Å². The van der Waals surface area contributed by atoms with E-state index in [0.717, 1.165) is 34.0 Å². The summed E-state index contributed by atoms with van der Waals surface area (Å²) in [6, 6.07) is 8.20. The zero-order valence-corrected chi connectivity index (χ0v) is 16.2. The summed E-state index contributed by atoms with van der Waals surface area (Å²) in [5.41, 5.74) is 2.35. The third kappa shape index (κ3) is 3.57. The number of anilines is 1. The van der Waals surface area contributed by atoms with Crippen LogP contribution in [0.3, 0.4) is 0 Å². The SMILES string of the molecule is CC(=O)OC/C=C\c1ccccc1NC(=S)C12CC3CC(CC(C3)C1)C2. The fraction of sp³-hybridized carbons (Fsp3) is 0.545. The molecule has 1 aromatic rings. The molecule has 0 atom stereocenters. The average Bonchev–Trinajstić information content (AvgIpc) is 2.58. The lowest BCUT2D eigenvalue weighted by Crippen LogP contribution is -2.51. The number of hydrogen-bond donors (Lipinski definition) is 1. The monoisotopic (exact) mass is 369 g/mol. The minimum absolute atomic E-state index is 0.221. The molecule has 0 aliphatic heterocycles. The Hall–Kier alpha value is -1.68. The predicted molar refractivity (Wildman–Crippen MR) is 109 cm³/mol. The van der Waals surface area contributed by atoms with Gasteiger partial charge in [0.15, 0.2) is 0 Å². The normalized spacial score (nSPS) is 32.0. The van der Waals surface area contributed by atoms with E-state index in [1.54, 1.807) is 0 Å². The molecule has 4 bridgehead atoms. The Morgan fingerprint density at radius 3 is 2.42 bits per heavy atom. The summed E-state index contributed by atoms with van der Waals surface area (Å²) in [6.07, 6.45) is 12.0. The molecule has 4 aliphatic rings. The second kappa shape index (κ2) is 7.15. The van der Waals surface area contributed by atoms with Crippen molar-refractivity contribution in [3.8, 4) is 0 Å². The van der Waals surface area contributed by atoms with Crippen LogP contribution in [0.25, 0.3) is 6.08 Å². The number of rotatable bonds is 5. The van der Waals surface area contributed by atoms with Crippen molar-refractivity contribution >= 4 is 34.9 Å². The second-order valence-electron chi connectivity index (χ2n) is 8.44. The van der Waals surface area contributed by atoms with Crippen LogP contribution in [-0.4, -0.2) is 17.6 Å². The number of nitrogens with one attached hydrogen (secondary N) is 1.